The highest BCUT2D eigenvalue weighted by molar-refractivity contribution is 5.88. The number of esters is 1. The van der Waals surface area contributed by atoms with Crippen LogP contribution in [-0.4, -0.2) is 31.3 Å². The van der Waals surface area contributed by atoms with E-state index in [9.17, 15) is 4.79 Å². The van der Waals surface area contributed by atoms with E-state index in [0.29, 0.717) is 17.3 Å². The highest BCUT2D eigenvalue weighted by Crippen LogP contribution is 2.18. The Kier molecular flexibility index (Phi) is 3.04. The fourth-order valence-electron chi connectivity index (χ4n) is 1.65. The quantitative estimate of drug-likeness (QED) is 0.696. The van der Waals surface area contributed by atoms with Crippen molar-refractivity contribution in [3.8, 4) is 11.3 Å². The number of hydrogen-bond donors (Lipinski definition) is 2. The summed E-state index contributed by atoms with van der Waals surface area (Å²) in [4.78, 5) is 15.9. The Labute approximate surface area is 113 Å². The summed E-state index contributed by atoms with van der Waals surface area (Å²) in [5.74, 6) is 0.569. The van der Waals surface area contributed by atoms with Crippen LogP contribution in [-0.2, 0) is 11.3 Å². The van der Waals surface area contributed by atoms with Crippen molar-refractivity contribution in [3.05, 3.63) is 42.0 Å². The molecule has 3 aromatic rings. The van der Waals surface area contributed by atoms with Gasteiger partial charge in [-0.15, -0.1) is 0 Å². The molecule has 0 radical (unpaired) electrons. The number of aryl methyl sites for hydroxylation is 1. The first kappa shape index (κ1) is 12.2. The van der Waals surface area contributed by atoms with Gasteiger partial charge in [0.2, 0.25) is 0 Å². The van der Waals surface area contributed by atoms with E-state index in [1.165, 1.54) is 6.26 Å². The number of ether oxygens (including phenoxy) is 1. The van der Waals surface area contributed by atoms with Gasteiger partial charge in [0, 0.05) is 5.56 Å². The molecule has 20 heavy (non-hydrogen) atoms. The fourth-order valence-corrected chi connectivity index (χ4v) is 1.65. The number of rotatable bonds is 4. The lowest BCUT2D eigenvalue weighted by Gasteiger charge is -1.98. The molecular weight excluding hydrogens is 262 g/mol. The van der Waals surface area contributed by atoms with Crippen molar-refractivity contribution < 1.29 is 13.9 Å². The number of furan rings is 1. The van der Waals surface area contributed by atoms with E-state index in [-0.39, 0.29) is 12.3 Å². The van der Waals surface area contributed by atoms with Crippen LogP contribution in [0.1, 0.15) is 22.1 Å². The molecule has 3 rings (SSSR count). The number of H-pyrrole nitrogens is 2. The van der Waals surface area contributed by atoms with E-state index in [1.54, 1.807) is 25.3 Å². The van der Waals surface area contributed by atoms with Crippen LogP contribution in [0.4, 0.5) is 0 Å². The van der Waals surface area contributed by atoms with Gasteiger partial charge >= 0.3 is 5.97 Å². The number of carbonyl (C=O) groups excluding carboxylic acids is 1. The zero-order valence-electron chi connectivity index (χ0n) is 10.6. The number of hydrogen-bond acceptors (Lipinski definition) is 6. The average Bonchev–Trinajstić information content (AvgIpc) is 3.16. The Bertz CT molecular complexity index is 713. The second-order valence-electron chi connectivity index (χ2n) is 4.09. The van der Waals surface area contributed by atoms with E-state index >= 15 is 0 Å². The van der Waals surface area contributed by atoms with Crippen LogP contribution in [0.5, 0.6) is 0 Å². The van der Waals surface area contributed by atoms with Crippen LogP contribution in [0.3, 0.4) is 0 Å². The maximum Gasteiger partial charge on any atom is 0.356 e. The predicted molar refractivity (Wildman–Crippen MR) is 66.5 cm³/mol. The predicted octanol–water partition coefficient (Wildman–Crippen LogP) is 1.45. The van der Waals surface area contributed by atoms with Crippen molar-refractivity contribution >= 4 is 5.97 Å². The van der Waals surface area contributed by atoms with Gasteiger partial charge in [-0.05, 0) is 19.1 Å². The van der Waals surface area contributed by atoms with E-state index < -0.39 is 5.97 Å². The first-order valence-corrected chi connectivity index (χ1v) is 5.85. The summed E-state index contributed by atoms with van der Waals surface area (Å²) in [5, 5.41) is 13.2. The van der Waals surface area contributed by atoms with Gasteiger partial charge in [0.15, 0.2) is 12.4 Å². The normalized spacial score (nSPS) is 10.7. The zero-order valence-corrected chi connectivity index (χ0v) is 10.6. The molecule has 8 heteroatoms. The molecule has 0 atom stereocenters. The van der Waals surface area contributed by atoms with Crippen molar-refractivity contribution in [1.29, 1.82) is 0 Å². The van der Waals surface area contributed by atoms with E-state index in [0.717, 1.165) is 5.56 Å². The van der Waals surface area contributed by atoms with Crippen molar-refractivity contribution in [2.45, 2.75) is 13.5 Å². The second-order valence-corrected chi connectivity index (χ2v) is 4.09. The van der Waals surface area contributed by atoms with Crippen LogP contribution in [0, 0.1) is 6.92 Å². The Morgan fingerprint density at radius 2 is 2.30 bits per heavy atom. The highest BCUT2D eigenvalue weighted by atomic mass is 16.5. The molecule has 0 aliphatic heterocycles. The van der Waals surface area contributed by atoms with E-state index in [4.69, 9.17) is 9.15 Å². The van der Waals surface area contributed by atoms with Crippen LogP contribution >= 0.6 is 0 Å². The fraction of sp³-hybridized carbons (Fsp3) is 0.167. The van der Waals surface area contributed by atoms with E-state index in [2.05, 4.69) is 25.4 Å². The monoisotopic (exact) mass is 273 g/mol. The van der Waals surface area contributed by atoms with Gasteiger partial charge in [-0.25, -0.2) is 9.78 Å². The van der Waals surface area contributed by atoms with Gasteiger partial charge in [0.1, 0.15) is 11.5 Å². The molecule has 3 heterocycles. The zero-order chi connectivity index (χ0) is 13.9. The largest absolute Gasteiger partial charge is 0.472 e. The minimum Gasteiger partial charge on any atom is -0.472 e. The molecule has 2 N–H and O–H groups in total. The number of nitrogens with zero attached hydrogens (tertiary/aromatic N) is 3. The molecule has 102 valence electrons. The number of nitrogens with one attached hydrogen (secondary N) is 2. The Morgan fingerprint density at radius 1 is 1.40 bits per heavy atom. The number of carbonyl (C=O) groups is 1. The Balaban J connectivity index is 1.65. The van der Waals surface area contributed by atoms with Gasteiger partial charge < -0.3 is 9.15 Å². The van der Waals surface area contributed by atoms with Crippen LogP contribution in [0.15, 0.2) is 29.1 Å². The maximum absolute atomic E-state index is 11.8. The van der Waals surface area contributed by atoms with Crippen molar-refractivity contribution in [2.75, 3.05) is 0 Å². The second kappa shape index (κ2) is 5.00. The lowest BCUT2D eigenvalue weighted by atomic mass is 10.2. The number of aromatic nitrogens is 5. The summed E-state index contributed by atoms with van der Waals surface area (Å²) in [6.07, 6.45) is 3.08. The van der Waals surface area contributed by atoms with Gasteiger partial charge in [-0.3, -0.25) is 10.2 Å². The minimum absolute atomic E-state index is 0.00321. The summed E-state index contributed by atoms with van der Waals surface area (Å²) >= 11 is 0. The summed E-state index contributed by atoms with van der Waals surface area (Å²) in [7, 11) is 0. The molecule has 0 unspecified atom stereocenters. The molecule has 0 aliphatic carbocycles. The molecule has 0 aliphatic rings. The third kappa shape index (κ3) is 2.44. The maximum atomic E-state index is 11.8. The summed E-state index contributed by atoms with van der Waals surface area (Å²) in [6, 6.07) is 3.35. The molecule has 3 aromatic heterocycles. The molecule has 0 bridgehead atoms. The lowest BCUT2D eigenvalue weighted by molar-refractivity contribution is 0.0455. The van der Waals surface area contributed by atoms with E-state index in [1.807, 2.05) is 0 Å². The first-order valence-electron chi connectivity index (χ1n) is 5.85. The SMILES string of the molecule is Cc1nc(COC(=O)c2cc(-c3ccoc3)n[nH]2)n[nH]1. The van der Waals surface area contributed by atoms with Crippen LogP contribution in [0.25, 0.3) is 11.3 Å². The minimum atomic E-state index is -0.519. The molecule has 0 aromatic carbocycles. The molecular formula is C12H11N5O3. The average molecular weight is 273 g/mol. The molecule has 0 saturated heterocycles. The van der Waals surface area contributed by atoms with Crippen molar-refractivity contribution in [1.82, 2.24) is 25.4 Å². The van der Waals surface area contributed by atoms with Gasteiger partial charge in [-0.1, -0.05) is 0 Å². The lowest BCUT2D eigenvalue weighted by Crippen LogP contribution is -2.06. The Hall–Kier alpha value is -2.90. The van der Waals surface area contributed by atoms with Gasteiger partial charge in [0.05, 0.1) is 18.2 Å². The number of aromatic amines is 2. The van der Waals surface area contributed by atoms with Gasteiger partial charge in [-0.2, -0.15) is 10.2 Å². The Morgan fingerprint density at radius 3 is 3.00 bits per heavy atom. The smallest absolute Gasteiger partial charge is 0.356 e. The van der Waals surface area contributed by atoms with Gasteiger partial charge in [0.25, 0.3) is 0 Å². The van der Waals surface area contributed by atoms with Crippen molar-refractivity contribution in [2.24, 2.45) is 0 Å². The topological polar surface area (TPSA) is 110 Å². The molecule has 0 fully saturated rings. The summed E-state index contributed by atoms with van der Waals surface area (Å²) in [6.45, 7) is 1.77. The summed E-state index contributed by atoms with van der Waals surface area (Å²) < 4.78 is 10.0. The molecule has 0 spiro atoms. The summed E-state index contributed by atoms with van der Waals surface area (Å²) in [5.41, 5.74) is 1.65. The third-order valence-electron chi connectivity index (χ3n) is 2.59. The van der Waals surface area contributed by atoms with Crippen LogP contribution in [0.2, 0.25) is 0 Å². The molecule has 0 amide bonds. The van der Waals surface area contributed by atoms with Crippen molar-refractivity contribution in [3.63, 3.8) is 0 Å². The standard InChI is InChI=1S/C12H11N5O3/c1-7-13-11(17-14-7)6-20-12(18)10-4-9(15-16-10)8-2-3-19-5-8/h2-5H,6H2,1H3,(H,15,16)(H,13,14,17). The highest BCUT2D eigenvalue weighted by Gasteiger charge is 2.14. The third-order valence-corrected chi connectivity index (χ3v) is 2.59. The molecule has 0 saturated carbocycles. The van der Waals surface area contributed by atoms with Crippen LogP contribution < -0.4 is 0 Å². The first-order chi connectivity index (χ1) is 9.72. The molecule has 8 nitrogen and oxygen atoms in total.